The van der Waals surface area contributed by atoms with Crippen molar-refractivity contribution in [3.63, 3.8) is 0 Å². The predicted octanol–water partition coefficient (Wildman–Crippen LogP) is 9.99. The Morgan fingerprint density at radius 1 is 0.604 bits per heavy atom. The van der Waals surface area contributed by atoms with Gasteiger partial charge in [-0.1, -0.05) is 129 Å². The van der Waals surface area contributed by atoms with Crippen LogP contribution < -0.4 is 42.4 Å². The average Bonchev–Trinajstić information content (AvgIpc) is 0.729. The highest BCUT2D eigenvalue weighted by atomic mass is 28.3. The molecule has 0 unspecified atom stereocenters. The molecule has 0 aromatic heterocycles. The molecule has 9 rings (SSSR count). The number of ketones is 1. The van der Waals surface area contributed by atoms with E-state index in [-0.39, 0.29) is 86.0 Å². The smallest absolute Gasteiger partial charge is 0.423 e. The van der Waals surface area contributed by atoms with Crippen LogP contribution in [0, 0.1) is 6.92 Å². The lowest BCUT2D eigenvalue weighted by Gasteiger charge is -2.34. The summed E-state index contributed by atoms with van der Waals surface area (Å²) in [5.74, 6) is -0.486. The number of benzene rings is 8. The number of halogens is 6. The zero-order valence-electron chi connectivity index (χ0n) is 52.4. The molecule has 6 N–H and O–H groups in total. The van der Waals surface area contributed by atoms with Crippen LogP contribution in [-0.4, -0.2) is 90.6 Å². The Balaban J connectivity index is 1.28. The summed E-state index contributed by atoms with van der Waals surface area (Å²) in [6.45, 7) is 20.2. The van der Waals surface area contributed by atoms with Gasteiger partial charge in [0.1, 0.15) is 8.07 Å². The molecular weight excluding hydrogens is 1180 g/mol. The quantitative estimate of drug-likeness (QED) is 0.0115. The fourth-order valence-corrected chi connectivity index (χ4v) is 15.7. The summed E-state index contributed by atoms with van der Waals surface area (Å²) < 4.78 is 86.9. The number of Topliss-reactive ketones (excluding diaryl/α,β-unsaturated/α-hetero) is 1. The van der Waals surface area contributed by atoms with Gasteiger partial charge in [0, 0.05) is 64.0 Å². The molecule has 0 saturated carbocycles. The fourth-order valence-electron chi connectivity index (χ4n) is 12.6. The number of fused-ring (bicyclic) bond motifs is 4. The maximum Gasteiger partial charge on any atom is 0.488 e. The number of amides is 1. The van der Waals surface area contributed by atoms with Crippen molar-refractivity contribution in [2.24, 2.45) is 0 Å². The zero-order valence-corrected chi connectivity index (χ0v) is 53.4. The van der Waals surface area contributed by atoms with Crippen molar-refractivity contribution in [3.05, 3.63) is 218 Å². The van der Waals surface area contributed by atoms with Gasteiger partial charge in [-0.15, -0.1) is 0 Å². The third-order valence-electron chi connectivity index (χ3n) is 17.6. The summed E-state index contributed by atoms with van der Waals surface area (Å²) in [5, 5.41) is 56.6. The summed E-state index contributed by atoms with van der Waals surface area (Å²) in [6, 6.07) is 39.1. The second kappa shape index (κ2) is 27.9. The number of alkyl halides is 6. The van der Waals surface area contributed by atoms with Crippen molar-refractivity contribution in [3.8, 4) is 11.1 Å². The lowest BCUT2D eigenvalue weighted by Crippen LogP contribution is -2.63. The number of carbonyl (C=O) groups excluding carboxylic acids is 2. The van der Waals surface area contributed by atoms with Gasteiger partial charge in [0.15, 0.2) is 5.78 Å². The molecule has 1 aliphatic heterocycles. The van der Waals surface area contributed by atoms with Crippen LogP contribution in [0.4, 0.5) is 32.0 Å². The van der Waals surface area contributed by atoms with Crippen LogP contribution in [0.5, 0.6) is 0 Å². The predicted molar refractivity (Wildman–Crippen MR) is 359 cm³/mol. The first-order valence-corrected chi connectivity index (χ1v) is 33.5. The molecule has 0 spiro atoms. The molecule has 1 heterocycles. The van der Waals surface area contributed by atoms with Crippen LogP contribution in [0.25, 0.3) is 44.3 Å². The van der Waals surface area contributed by atoms with E-state index < -0.39 is 45.8 Å². The third-order valence-corrected chi connectivity index (χ3v) is 21.2. The molecule has 0 saturated heterocycles. The van der Waals surface area contributed by atoms with E-state index in [0.29, 0.717) is 30.4 Å². The van der Waals surface area contributed by atoms with Gasteiger partial charge in [-0.3, -0.25) is 19.4 Å². The van der Waals surface area contributed by atoms with Gasteiger partial charge in [-0.05, 0) is 204 Å². The molecule has 1 amide bonds. The molecule has 0 aliphatic carbocycles. The van der Waals surface area contributed by atoms with E-state index in [1.165, 1.54) is 15.6 Å². The highest BCUT2D eigenvalue weighted by Gasteiger charge is 2.37. The first-order chi connectivity index (χ1) is 43.1. The normalized spacial score (nSPS) is 13.2. The molecule has 91 heavy (non-hydrogen) atoms. The van der Waals surface area contributed by atoms with Crippen molar-refractivity contribution in [1.82, 2.24) is 15.1 Å². The number of aryl methyl sites for hydroxylation is 1. The minimum absolute atomic E-state index is 0.0274. The van der Waals surface area contributed by atoms with Crippen LogP contribution in [0.1, 0.15) is 96.5 Å². The fraction of sp³-hybridized carbons (Fsp3) is 0.278. The first kappa shape index (κ1) is 67.5. The Hall–Kier alpha value is -7.87. The van der Waals surface area contributed by atoms with Crippen molar-refractivity contribution in [2.45, 2.75) is 105 Å². The van der Waals surface area contributed by atoms with Crippen LogP contribution in [0.3, 0.4) is 0 Å². The minimum atomic E-state index is -4.75. The summed E-state index contributed by atoms with van der Waals surface area (Å²) in [7, 11) is -4.57. The largest absolute Gasteiger partial charge is 0.488 e. The van der Waals surface area contributed by atoms with Gasteiger partial charge in [-0.2, -0.15) is 26.3 Å². The Morgan fingerprint density at radius 2 is 1.16 bits per heavy atom. The lowest BCUT2D eigenvalue weighted by atomic mass is 9.76. The van der Waals surface area contributed by atoms with E-state index in [0.717, 1.165) is 113 Å². The van der Waals surface area contributed by atoms with Crippen molar-refractivity contribution < 1.29 is 56.0 Å². The van der Waals surface area contributed by atoms with Gasteiger partial charge in [-0.25, -0.2) is 0 Å². The van der Waals surface area contributed by atoms with Crippen molar-refractivity contribution in [2.75, 3.05) is 32.0 Å². The number of nitrogens with zero attached hydrogens (tertiary/aromatic N) is 2. The Kier molecular flexibility index (Phi) is 20.7. The maximum absolute atomic E-state index is 14.5. The molecule has 0 radical (unpaired) electrons. The van der Waals surface area contributed by atoms with E-state index in [2.05, 4.69) is 111 Å². The van der Waals surface area contributed by atoms with Gasteiger partial charge in [0.2, 0.25) is 5.91 Å². The number of hydrogen-bond acceptors (Lipinski definition) is 9. The van der Waals surface area contributed by atoms with Crippen LogP contribution in [0.15, 0.2) is 158 Å². The minimum Gasteiger partial charge on any atom is -0.423 e. The van der Waals surface area contributed by atoms with Crippen LogP contribution >= 0.6 is 0 Å². The summed E-state index contributed by atoms with van der Waals surface area (Å²) >= 11 is 0. The number of carbonyl (C=O) groups is 2. The maximum atomic E-state index is 14.5. The monoisotopic (exact) mass is 1260 g/mol. The van der Waals surface area contributed by atoms with Crippen LogP contribution in [0.2, 0.25) is 13.1 Å². The summed E-state index contributed by atoms with van der Waals surface area (Å²) in [5.41, 5.74) is 7.22. The standard InChI is InChI=1S/C72H76B2F6N4O6Si/c1-10-47-20-26-58-67(34-47)91(8,9)68-39-54(81-7)25-28-59(68)69(58)60-37-48(21-19-46(60)6)49-22-27-57-61(38-49)63(43-83(32-14-13-18-66(85)44(2)3)40-50-35-52(71(75,76)77)23-29-64(50)73(87)88)56-17-12-11-16-55(56)62(57)42-84(33-15-31-82-70(86)45(4)5)41-51-36-53(72(78,79)80)24-30-65(51)74(89)90/h10-12,16-17,19-30,34-39,81,87-90H,2,4,13-15,18,31-33,40-43H2,1,3,5-9H3,(H,82,86)/b47-10+. The topological polar surface area (TPSA) is 146 Å². The summed E-state index contributed by atoms with van der Waals surface area (Å²) in [4.78, 5) is 29.4. The number of unbranched alkanes of at least 4 members (excludes halogenated alkanes) is 1. The Labute approximate surface area is 529 Å². The number of nitrogens with one attached hydrogen (secondary N) is 2. The molecule has 472 valence electrons. The van der Waals surface area contributed by atoms with Crippen molar-refractivity contribution in [1.29, 1.82) is 0 Å². The van der Waals surface area contributed by atoms with E-state index in [9.17, 15) is 56.0 Å². The van der Waals surface area contributed by atoms with E-state index in [1.807, 2.05) is 60.2 Å². The summed E-state index contributed by atoms with van der Waals surface area (Å²) in [6.07, 6.45) is -6.01. The van der Waals surface area contributed by atoms with Crippen molar-refractivity contribution >= 4 is 94.2 Å². The van der Waals surface area contributed by atoms with Gasteiger partial charge in [0.05, 0.1) is 11.1 Å². The highest BCUT2D eigenvalue weighted by molar-refractivity contribution is 7.01. The molecule has 10 nitrogen and oxygen atoms in total. The SMILES string of the molecule is C=C(C)C(=O)CCCCN(Cc1cc(C(F)(F)F)ccc1B(O)O)Cc1c2ccccc2c(CN(CCCNC(=O)C(=C)C)Cc2cc(C(F)(F)F)ccc2B(O)O)c2ccc(-c3ccc(C)c(C4=c5cc/c(=C\C)cc5[Si](C)(C)c5cc(NC)ccc54)c3)cc12. The molecule has 1 aliphatic rings. The molecule has 0 bridgehead atoms. The molecular formula is C72H76B2F6N4O6Si. The molecule has 0 fully saturated rings. The second-order valence-electron chi connectivity index (χ2n) is 24.4. The zero-order chi connectivity index (χ0) is 65.9. The van der Waals surface area contributed by atoms with Gasteiger partial charge < -0.3 is 30.7 Å². The number of rotatable bonds is 24. The molecule has 19 heteroatoms. The molecule has 8 aromatic carbocycles. The molecule has 8 aromatic rings. The lowest BCUT2D eigenvalue weighted by molar-refractivity contribution is -0.138. The number of anilines is 1. The van der Waals surface area contributed by atoms with E-state index in [1.54, 1.807) is 13.8 Å². The second-order valence-corrected chi connectivity index (χ2v) is 28.8. The van der Waals surface area contributed by atoms with Crippen LogP contribution in [-0.2, 0) is 48.1 Å². The van der Waals surface area contributed by atoms with E-state index in [4.69, 9.17) is 0 Å². The van der Waals surface area contributed by atoms with E-state index >= 15 is 0 Å². The average molecular weight is 1260 g/mol. The Bertz CT molecular complexity index is 4260. The molecule has 0 atom stereocenters. The Morgan fingerprint density at radius 3 is 1.71 bits per heavy atom. The highest BCUT2D eigenvalue weighted by Crippen LogP contribution is 2.40. The third kappa shape index (κ3) is 15.1. The number of allylic oxidation sites excluding steroid dienone is 1. The number of hydrogen-bond donors (Lipinski definition) is 6. The van der Waals surface area contributed by atoms with Gasteiger partial charge >= 0.3 is 26.6 Å². The first-order valence-electron chi connectivity index (χ1n) is 30.5. The van der Waals surface area contributed by atoms with Gasteiger partial charge in [0.25, 0.3) is 0 Å².